The van der Waals surface area contributed by atoms with E-state index >= 15 is 0 Å². The van der Waals surface area contributed by atoms with Crippen LogP contribution in [0.1, 0.15) is 135 Å². The summed E-state index contributed by atoms with van der Waals surface area (Å²) in [7, 11) is 2.80. The molecule has 0 fully saturated rings. The minimum Gasteiger partial charge on any atom is -0.493 e. The van der Waals surface area contributed by atoms with Gasteiger partial charge in [-0.1, -0.05) is 75.2 Å². The van der Waals surface area contributed by atoms with Crippen LogP contribution in [0.4, 0.5) is 0 Å². The molecule has 0 spiro atoms. The first-order valence-corrected chi connectivity index (χ1v) is 23.7. The molecule has 18 nitrogen and oxygen atoms in total. The lowest BCUT2D eigenvalue weighted by molar-refractivity contribution is -0.152. The van der Waals surface area contributed by atoms with Crippen LogP contribution in [-0.2, 0) is 33.4 Å². The Balaban J connectivity index is 0.000000380. The fraction of sp³-hybridized carbons (Fsp3) is 0.481. The average molecular weight is 1000 g/mol. The van der Waals surface area contributed by atoms with E-state index in [1.165, 1.54) is 76.9 Å². The highest BCUT2D eigenvalue weighted by Crippen LogP contribution is 2.38. The first kappa shape index (κ1) is 59.1. The maximum absolute atomic E-state index is 14.0. The topological polar surface area (TPSA) is 228 Å². The molecule has 2 heterocycles. The van der Waals surface area contributed by atoms with Gasteiger partial charge in [0.25, 0.3) is 11.8 Å². The van der Waals surface area contributed by atoms with Gasteiger partial charge in [-0.3, -0.25) is 19.2 Å². The molecule has 6 atom stereocenters. The molecule has 2 N–H and O–H groups in total. The van der Waals surface area contributed by atoms with Crippen molar-refractivity contribution in [1.82, 2.24) is 20.2 Å². The Kier molecular flexibility index (Phi) is 22.5. The number of rotatable bonds is 22. The molecule has 0 aliphatic rings. The molecule has 0 radical (unpaired) electrons. The van der Waals surface area contributed by atoms with Gasteiger partial charge in [0.15, 0.2) is 34.4 Å². The van der Waals surface area contributed by atoms with Crippen molar-refractivity contribution in [1.29, 1.82) is 0 Å². The predicted octanol–water partition coefficient (Wildman–Crippen LogP) is 8.45. The zero-order chi connectivity index (χ0) is 54.1. The zero-order valence-corrected chi connectivity index (χ0v) is 44.4. The molecule has 2 amide bonds. The highest BCUT2D eigenvalue weighted by atomic mass is 16.7. The second kappa shape index (κ2) is 27.4. The van der Waals surface area contributed by atoms with Gasteiger partial charge in [0.2, 0.25) is 13.6 Å². The monoisotopic (exact) mass is 1000 g/mol. The van der Waals surface area contributed by atoms with E-state index in [0.29, 0.717) is 0 Å². The van der Waals surface area contributed by atoms with Gasteiger partial charge < -0.3 is 48.5 Å². The van der Waals surface area contributed by atoms with Gasteiger partial charge in [-0.25, -0.2) is 19.6 Å². The summed E-state index contributed by atoms with van der Waals surface area (Å²) in [5, 5.41) is 12.5. The van der Waals surface area contributed by atoms with E-state index in [-0.39, 0.29) is 58.1 Å². The van der Waals surface area contributed by atoms with E-state index in [4.69, 9.17) is 33.2 Å². The molecular formula is C54H72N4O14. The van der Waals surface area contributed by atoms with E-state index < -0.39 is 73.5 Å². The minimum atomic E-state index is -1.16. The van der Waals surface area contributed by atoms with Crippen molar-refractivity contribution in [3.8, 4) is 23.0 Å². The predicted molar refractivity (Wildman–Crippen MR) is 268 cm³/mol. The van der Waals surface area contributed by atoms with E-state index in [9.17, 15) is 33.9 Å². The number of carbonyl (C=O) groups excluding carboxylic acids is 5. The standard InChI is InChI=1S/2C27H36N2O7/c1-15(2)23(21-10-9-16(3)13-17(21)4)19(6)36-27(32)18(5)29-26(31)24-25(35-14-34-20(7)30)22(33-8)11-12-28-24;1-15(2)23(21-10-9-16(3)13-17(21)4)18(5)29(19(6)27(32)33)26(31)24-25(36-14-35-20(7)30)22(34-8)11-12-28-24/h9-13,15,18-19,23H,14H2,1-8H3,(H,29,31);9-13,15,18-19,23H,14H2,1-8H3,(H,32,33)/t18-,19-,23+;18?,19-,23+/m00/s1. The van der Waals surface area contributed by atoms with Crippen molar-refractivity contribution < 1.29 is 67.0 Å². The molecule has 0 aliphatic carbocycles. The first-order valence-electron chi connectivity index (χ1n) is 23.7. The number of amides is 2. The van der Waals surface area contributed by atoms with Crippen molar-refractivity contribution in [2.24, 2.45) is 11.8 Å². The van der Waals surface area contributed by atoms with Gasteiger partial charge in [0, 0.05) is 56.3 Å². The van der Waals surface area contributed by atoms with Gasteiger partial charge >= 0.3 is 23.9 Å². The maximum atomic E-state index is 14.0. The third kappa shape index (κ3) is 15.9. The average Bonchev–Trinajstić information content (AvgIpc) is 3.30. The van der Waals surface area contributed by atoms with Crippen LogP contribution < -0.4 is 24.3 Å². The lowest BCUT2D eigenvalue weighted by Crippen LogP contribution is -2.51. The highest BCUT2D eigenvalue weighted by Gasteiger charge is 2.39. The van der Waals surface area contributed by atoms with Crippen LogP contribution in [-0.4, -0.2) is 108 Å². The number of ether oxygens (including phenoxy) is 7. The molecule has 2 aromatic carbocycles. The van der Waals surface area contributed by atoms with Crippen LogP contribution in [0.25, 0.3) is 0 Å². The number of carboxylic acid groups (broad SMARTS) is 1. The lowest BCUT2D eigenvalue weighted by atomic mass is 9.79. The molecule has 0 saturated heterocycles. The third-order valence-electron chi connectivity index (χ3n) is 12.0. The lowest BCUT2D eigenvalue weighted by Gasteiger charge is -2.39. The van der Waals surface area contributed by atoms with Crippen molar-refractivity contribution in [2.75, 3.05) is 27.8 Å². The number of aryl methyl sites for hydroxylation is 4. The van der Waals surface area contributed by atoms with Crippen LogP contribution in [0.5, 0.6) is 23.0 Å². The number of nitrogens with zero attached hydrogens (tertiary/aromatic N) is 3. The summed E-state index contributed by atoms with van der Waals surface area (Å²) in [5.41, 5.74) is 6.42. The Morgan fingerprint density at radius 2 is 1.08 bits per heavy atom. The number of hydrogen-bond acceptors (Lipinski definition) is 15. The fourth-order valence-electron chi connectivity index (χ4n) is 8.66. The zero-order valence-electron chi connectivity index (χ0n) is 44.4. The second-order valence-corrected chi connectivity index (χ2v) is 18.2. The molecule has 0 aliphatic heterocycles. The van der Waals surface area contributed by atoms with Gasteiger partial charge in [0.1, 0.15) is 18.2 Å². The van der Waals surface area contributed by atoms with E-state index in [0.717, 1.165) is 27.8 Å². The quantitative estimate of drug-likeness (QED) is 0.0427. The molecular weight excluding hydrogens is 929 g/mol. The summed E-state index contributed by atoms with van der Waals surface area (Å²) < 4.78 is 37.0. The summed E-state index contributed by atoms with van der Waals surface area (Å²) in [4.78, 5) is 83.8. The van der Waals surface area contributed by atoms with Gasteiger partial charge in [-0.05, 0) is 89.5 Å². The van der Waals surface area contributed by atoms with Gasteiger partial charge in [-0.15, -0.1) is 0 Å². The molecule has 0 bridgehead atoms. The Morgan fingerprint density at radius 1 is 0.639 bits per heavy atom. The van der Waals surface area contributed by atoms with Crippen molar-refractivity contribution in [3.63, 3.8) is 0 Å². The number of hydrogen-bond donors (Lipinski definition) is 2. The number of esters is 3. The van der Waals surface area contributed by atoms with Crippen molar-refractivity contribution in [2.45, 2.75) is 133 Å². The molecule has 18 heteroatoms. The fourth-order valence-corrected chi connectivity index (χ4v) is 8.66. The van der Waals surface area contributed by atoms with Crippen LogP contribution in [0.15, 0.2) is 60.9 Å². The Labute approximate surface area is 423 Å². The molecule has 2 aromatic heterocycles. The summed E-state index contributed by atoms with van der Waals surface area (Å²) >= 11 is 0. The SMILES string of the molecule is COc1ccnc(C(=O)N(C(C)[C@H](c2ccc(C)cc2C)C(C)C)[C@@H](C)C(=O)O)c1OCOC(C)=O.COc1ccnc(C(=O)N[C@@H](C)C(=O)O[C@@H](C)[C@H](c2ccc(C)cc2C)C(C)C)c1OCOC(C)=O. The maximum Gasteiger partial charge on any atom is 0.328 e. The number of carbonyl (C=O) groups is 6. The van der Waals surface area contributed by atoms with Crippen LogP contribution in [0.2, 0.25) is 0 Å². The smallest absolute Gasteiger partial charge is 0.328 e. The summed E-state index contributed by atoms with van der Waals surface area (Å²) in [6.07, 6.45) is 2.33. The first-order chi connectivity index (χ1) is 33.9. The number of aliphatic carboxylic acids is 1. The molecule has 4 aromatic rings. The Hall–Kier alpha value is -7.24. The van der Waals surface area contributed by atoms with Crippen molar-refractivity contribution >= 4 is 35.7 Å². The van der Waals surface area contributed by atoms with Crippen molar-refractivity contribution in [3.05, 3.63) is 106 Å². The summed E-state index contributed by atoms with van der Waals surface area (Å²) in [5.74, 6) is -3.62. The normalized spacial score (nSPS) is 13.4. The highest BCUT2D eigenvalue weighted by molar-refractivity contribution is 5.99. The summed E-state index contributed by atoms with van der Waals surface area (Å²) in [6.45, 7) is 24.7. The second-order valence-electron chi connectivity index (χ2n) is 18.2. The Morgan fingerprint density at radius 3 is 1.50 bits per heavy atom. The number of methoxy groups -OCH3 is 2. The third-order valence-corrected chi connectivity index (χ3v) is 12.0. The summed E-state index contributed by atoms with van der Waals surface area (Å²) in [6, 6.07) is 12.8. The molecule has 0 saturated carbocycles. The van der Waals surface area contributed by atoms with Crippen LogP contribution in [0, 0.1) is 39.5 Å². The number of benzene rings is 2. The molecule has 1 unspecified atom stereocenters. The van der Waals surface area contributed by atoms with E-state index in [1.807, 2.05) is 60.6 Å². The molecule has 4 rings (SSSR count). The van der Waals surface area contributed by atoms with Crippen LogP contribution >= 0.6 is 0 Å². The number of pyridine rings is 2. The van der Waals surface area contributed by atoms with Crippen LogP contribution in [0.3, 0.4) is 0 Å². The van der Waals surface area contributed by atoms with E-state index in [2.05, 4.69) is 60.3 Å². The van der Waals surface area contributed by atoms with Gasteiger partial charge in [-0.2, -0.15) is 0 Å². The minimum absolute atomic E-state index is 0.0117. The molecule has 392 valence electrons. The largest absolute Gasteiger partial charge is 0.493 e. The Bertz CT molecular complexity index is 2530. The number of nitrogens with one attached hydrogen (secondary N) is 1. The van der Waals surface area contributed by atoms with Gasteiger partial charge in [0.05, 0.1) is 14.2 Å². The van der Waals surface area contributed by atoms with E-state index in [1.54, 1.807) is 0 Å². The number of aromatic nitrogens is 2. The number of carboxylic acids is 1. The molecule has 72 heavy (non-hydrogen) atoms.